The van der Waals surface area contributed by atoms with Gasteiger partial charge in [0.25, 0.3) is 0 Å². The molecule has 9 heteroatoms. The summed E-state index contributed by atoms with van der Waals surface area (Å²) < 4.78 is 27.6. The van der Waals surface area contributed by atoms with Crippen LogP contribution in [0.2, 0.25) is 0 Å². The van der Waals surface area contributed by atoms with Crippen LogP contribution in [0.15, 0.2) is 35.6 Å². The number of alkyl halides is 1. The Morgan fingerprint density at radius 3 is 2.46 bits per heavy atom. The number of aliphatic hydroxyl groups excluding tert-OH is 1. The number of carbonyl (C=O) groups is 4. The molecule has 0 heterocycles. The maximum atomic E-state index is 17.3. The molecular weight excluding hydrogens is 459 g/mol. The Morgan fingerprint density at radius 1 is 1.20 bits per heavy atom. The average Bonchev–Trinajstić information content (AvgIpc) is 2.96. The molecule has 2 N–H and O–H groups in total. The average molecular weight is 491 g/mol. The van der Waals surface area contributed by atoms with E-state index in [4.69, 9.17) is 9.47 Å². The van der Waals surface area contributed by atoms with Crippen molar-refractivity contribution >= 4 is 23.5 Å². The summed E-state index contributed by atoms with van der Waals surface area (Å²) in [4.78, 5) is 48.5. The summed E-state index contributed by atoms with van der Waals surface area (Å²) in [6.07, 6.45) is 3.63. The summed E-state index contributed by atoms with van der Waals surface area (Å²) in [7, 11) is 0. The Balaban J connectivity index is 1.88. The predicted octanol–water partition coefficient (Wildman–Crippen LogP) is 2.13. The number of Topliss-reactive ketones (excluding diaryl/α,β-unsaturated/α-hetero) is 1. The second-order valence-corrected chi connectivity index (χ2v) is 10.8. The lowest BCUT2D eigenvalue weighted by Crippen LogP contribution is -2.69. The van der Waals surface area contributed by atoms with Crippen LogP contribution in [0.1, 0.15) is 47.5 Å². The van der Waals surface area contributed by atoms with Crippen LogP contribution in [0.25, 0.3) is 0 Å². The van der Waals surface area contributed by atoms with Gasteiger partial charge in [-0.05, 0) is 49.8 Å². The number of allylic oxidation sites excluding steroid dienone is 5. The van der Waals surface area contributed by atoms with Gasteiger partial charge in [-0.2, -0.15) is 0 Å². The summed E-state index contributed by atoms with van der Waals surface area (Å²) in [6, 6.07) is 0. The van der Waals surface area contributed by atoms with E-state index in [1.165, 1.54) is 31.2 Å². The van der Waals surface area contributed by atoms with Crippen LogP contribution in [-0.2, 0) is 28.7 Å². The van der Waals surface area contributed by atoms with Crippen LogP contribution in [-0.4, -0.2) is 57.7 Å². The molecule has 4 rings (SSSR count). The minimum absolute atomic E-state index is 0.0294. The van der Waals surface area contributed by atoms with Crippen LogP contribution in [0.3, 0.4) is 0 Å². The van der Waals surface area contributed by atoms with Crippen molar-refractivity contribution in [3.8, 4) is 0 Å². The van der Waals surface area contributed by atoms with Crippen LogP contribution in [0, 0.1) is 28.6 Å². The van der Waals surface area contributed by atoms with Gasteiger partial charge in [-0.15, -0.1) is 0 Å². The number of hydrogen-bond acceptors (Lipinski definition) is 8. The third-order valence-electron chi connectivity index (χ3n) is 8.94. The van der Waals surface area contributed by atoms with E-state index in [0.29, 0.717) is 0 Å². The highest BCUT2D eigenvalue weighted by atomic mass is 19.1. The molecule has 35 heavy (non-hydrogen) atoms. The van der Waals surface area contributed by atoms with Crippen LogP contribution >= 0.6 is 0 Å². The van der Waals surface area contributed by atoms with Crippen molar-refractivity contribution in [2.75, 3.05) is 6.61 Å². The molecule has 0 unspecified atom stereocenters. The molecule has 0 aliphatic heterocycles. The summed E-state index contributed by atoms with van der Waals surface area (Å²) in [5, 5.41) is 23.1. The van der Waals surface area contributed by atoms with Gasteiger partial charge < -0.3 is 19.7 Å². The fourth-order valence-corrected chi connectivity index (χ4v) is 7.21. The lowest BCUT2D eigenvalue weighted by molar-refractivity contribution is -0.207. The first-order valence-electron chi connectivity index (χ1n) is 11.7. The van der Waals surface area contributed by atoms with Crippen molar-refractivity contribution in [1.29, 1.82) is 0 Å². The van der Waals surface area contributed by atoms with Gasteiger partial charge in [0.2, 0.25) is 5.78 Å². The van der Waals surface area contributed by atoms with Gasteiger partial charge >= 0.3 is 11.9 Å². The van der Waals surface area contributed by atoms with Crippen molar-refractivity contribution in [3.63, 3.8) is 0 Å². The topological polar surface area (TPSA) is 127 Å². The predicted molar refractivity (Wildman–Crippen MR) is 120 cm³/mol. The standard InChI is InChI=1S/C26H31FO8/c1-13-8-17-18-10-20(35-15(3)29)19-9-16(30)6-7-23(19,4)25(18,27)21(31)11-24(17,5)26(13,33)22(32)12-34-14(2)28/h6-7,9-10,13,17-18,21,31,33H,8,11-12H2,1-5H3/t13-,17-,18-,21-,23-,24-,25-,26-/m0/s1. The number of carbonyl (C=O) groups excluding carboxylic acids is 4. The Kier molecular flexibility index (Phi) is 5.76. The zero-order valence-corrected chi connectivity index (χ0v) is 20.5. The fraction of sp³-hybridized carbons (Fsp3) is 0.615. The first kappa shape index (κ1) is 25.4. The first-order valence-corrected chi connectivity index (χ1v) is 11.7. The third-order valence-corrected chi connectivity index (χ3v) is 8.94. The Bertz CT molecular complexity index is 1110. The molecule has 0 radical (unpaired) electrons. The fourth-order valence-electron chi connectivity index (χ4n) is 7.21. The quantitative estimate of drug-likeness (QED) is 0.574. The van der Waals surface area contributed by atoms with Crippen molar-refractivity contribution in [3.05, 3.63) is 35.6 Å². The number of halogens is 1. The Hall–Kier alpha value is -2.65. The molecule has 8 nitrogen and oxygen atoms in total. The summed E-state index contributed by atoms with van der Waals surface area (Å²) in [6.45, 7) is 6.58. The first-order chi connectivity index (χ1) is 16.1. The van der Waals surface area contributed by atoms with E-state index in [0.717, 1.165) is 6.92 Å². The highest BCUT2D eigenvalue weighted by Crippen LogP contribution is 2.70. The lowest BCUT2D eigenvalue weighted by atomic mass is 9.46. The molecular formula is C26H31FO8. The molecule has 0 aromatic carbocycles. The molecule has 0 amide bonds. The highest BCUT2D eigenvalue weighted by molar-refractivity contribution is 6.02. The highest BCUT2D eigenvalue weighted by Gasteiger charge is 2.75. The van der Waals surface area contributed by atoms with Gasteiger partial charge in [0.15, 0.2) is 18.1 Å². The molecule has 2 saturated carbocycles. The lowest BCUT2D eigenvalue weighted by Gasteiger charge is -2.61. The second-order valence-electron chi connectivity index (χ2n) is 10.8. The van der Waals surface area contributed by atoms with E-state index in [1.54, 1.807) is 20.8 Å². The molecule has 0 aromatic heterocycles. The van der Waals surface area contributed by atoms with E-state index in [-0.39, 0.29) is 24.2 Å². The summed E-state index contributed by atoms with van der Waals surface area (Å²) >= 11 is 0. The molecule has 0 aromatic rings. The number of hydrogen-bond donors (Lipinski definition) is 2. The molecule has 0 bridgehead atoms. The molecule has 4 aliphatic carbocycles. The van der Waals surface area contributed by atoms with Crippen LogP contribution < -0.4 is 0 Å². The maximum absolute atomic E-state index is 17.3. The van der Waals surface area contributed by atoms with Gasteiger partial charge in [0.1, 0.15) is 11.4 Å². The van der Waals surface area contributed by atoms with Crippen molar-refractivity contribution in [2.45, 2.75) is 64.8 Å². The normalized spacial score (nSPS) is 43.8. The summed E-state index contributed by atoms with van der Waals surface area (Å²) in [5.74, 6) is -4.72. The molecule has 4 aliphatic rings. The van der Waals surface area contributed by atoms with Crippen LogP contribution in [0.5, 0.6) is 0 Å². The smallest absolute Gasteiger partial charge is 0.308 e. The third kappa shape index (κ3) is 3.24. The number of fused-ring (bicyclic) bond motifs is 5. The van der Waals surface area contributed by atoms with Gasteiger partial charge in [-0.1, -0.05) is 19.9 Å². The van der Waals surface area contributed by atoms with Crippen molar-refractivity contribution in [1.82, 2.24) is 0 Å². The SMILES string of the molecule is CC(=O)OCC(=O)[C@@]1(O)[C@@H](C)C[C@H]2[C@@H]3C=C(OC(C)=O)C4=CC(=O)C=C[C@]4(C)[C@@]3(F)[C@@H](O)C[C@@]21C. The maximum Gasteiger partial charge on any atom is 0.308 e. The number of ketones is 2. The van der Waals surface area contributed by atoms with Crippen molar-refractivity contribution in [2.24, 2.45) is 28.6 Å². The van der Waals surface area contributed by atoms with E-state index >= 15 is 4.39 Å². The minimum atomic E-state index is -2.31. The minimum Gasteiger partial charge on any atom is -0.458 e. The number of ether oxygens (including phenoxy) is 2. The summed E-state index contributed by atoms with van der Waals surface area (Å²) in [5.41, 5.74) is -6.91. The van der Waals surface area contributed by atoms with E-state index in [2.05, 4.69) is 0 Å². The largest absolute Gasteiger partial charge is 0.458 e. The number of rotatable bonds is 4. The molecule has 0 spiro atoms. The Labute approximate surface area is 202 Å². The van der Waals surface area contributed by atoms with E-state index in [9.17, 15) is 29.4 Å². The number of aliphatic hydroxyl groups is 2. The van der Waals surface area contributed by atoms with Gasteiger partial charge in [0, 0.05) is 30.8 Å². The molecule has 8 atom stereocenters. The van der Waals surface area contributed by atoms with Gasteiger partial charge in [-0.25, -0.2) is 4.39 Å². The van der Waals surface area contributed by atoms with Gasteiger partial charge in [0.05, 0.1) is 11.5 Å². The zero-order chi connectivity index (χ0) is 26.1. The second kappa shape index (κ2) is 7.93. The van der Waals surface area contributed by atoms with Crippen molar-refractivity contribution < 1.29 is 43.3 Å². The Morgan fingerprint density at radius 2 is 1.86 bits per heavy atom. The molecule has 0 saturated heterocycles. The van der Waals surface area contributed by atoms with Gasteiger partial charge in [-0.3, -0.25) is 19.2 Å². The van der Waals surface area contributed by atoms with Crippen LogP contribution in [0.4, 0.5) is 4.39 Å². The monoisotopic (exact) mass is 490 g/mol. The van der Waals surface area contributed by atoms with E-state index in [1.807, 2.05) is 0 Å². The molecule has 2 fully saturated rings. The molecule has 190 valence electrons. The van der Waals surface area contributed by atoms with E-state index < -0.39 is 76.1 Å². The number of esters is 2. The zero-order valence-electron chi connectivity index (χ0n) is 20.5.